The van der Waals surface area contributed by atoms with E-state index in [0.29, 0.717) is 13.0 Å². The minimum atomic E-state index is 0.0287. The van der Waals surface area contributed by atoms with Crippen LogP contribution in [-0.2, 0) is 11.3 Å². The Labute approximate surface area is 136 Å². The van der Waals surface area contributed by atoms with E-state index in [2.05, 4.69) is 10.6 Å². The zero-order valence-corrected chi connectivity index (χ0v) is 13.7. The molecule has 0 heterocycles. The number of nitrogens with one attached hydrogen (secondary N) is 2. The first-order valence-electron chi connectivity index (χ1n) is 7.37. The summed E-state index contributed by atoms with van der Waals surface area (Å²) in [7, 11) is 0. The van der Waals surface area contributed by atoms with Crippen molar-refractivity contribution in [2.45, 2.75) is 26.8 Å². The van der Waals surface area contributed by atoms with Crippen LogP contribution in [0.15, 0.2) is 42.5 Å². The SMILES string of the molecule is Cc1cccc(C)c1NC(=O)CCNCc1ccc(Cl)cc1. The predicted octanol–water partition coefficient (Wildman–Crippen LogP) is 4.08. The second-order valence-electron chi connectivity index (χ2n) is 5.37. The van der Waals surface area contributed by atoms with Crippen molar-refractivity contribution in [1.29, 1.82) is 0 Å². The topological polar surface area (TPSA) is 41.1 Å². The number of carbonyl (C=O) groups excluding carboxylic acids is 1. The van der Waals surface area contributed by atoms with Crippen LogP contribution in [0.1, 0.15) is 23.1 Å². The van der Waals surface area contributed by atoms with Crippen LogP contribution < -0.4 is 10.6 Å². The Morgan fingerprint density at radius 3 is 2.32 bits per heavy atom. The van der Waals surface area contributed by atoms with Crippen LogP contribution in [0.5, 0.6) is 0 Å². The predicted molar refractivity (Wildman–Crippen MR) is 92.3 cm³/mol. The maximum absolute atomic E-state index is 12.0. The van der Waals surface area contributed by atoms with E-state index < -0.39 is 0 Å². The number of anilines is 1. The lowest BCUT2D eigenvalue weighted by Gasteiger charge is -2.11. The van der Waals surface area contributed by atoms with Gasteiger partial charge in [-0.25, -0.2) is 0 Å². The van der Waals surface area contributed by atoms with Gasteiger partial charge in [-0.05, 0) is 42.7 Å². The Hall–Kier alpha value is -1.84. The Morgan fingerprint density at radius 2 is 1.68 bits per heavy atom. The van der Waals surface area contributed by atoms with Gasteiger partial charge in [0.15, 0.2) is 0 Å². The number of para-hydroxylation sites is 1. The van der Waals surface area contributed by atoms with Crippen LogP contribution in [0.25, 0.3) is 0 Å². The molecule has 0 radical (unpaired) electrons. The molecule has 0 saturated carbocycles. The van der Waals surface area contributed by atoms with E-state index in [1.54, 1.807) is 0 Å². The number of rotatable bonds is 6. The minimum absolute atomic E-state index is 0.0287. The van der Waals surface area contributed by atoms with E-state index in [0.717, 1.165) is 33.9 Å². The van der Waals surface area contributed by atoms with Crippen LogP contribution in [-0.4, -0.2) is 12.5 Å². The van der Waals surface area contributed by atoms with Crippen molar-refractivity contribution < 1.29 is 4.79 Å². The van der Waals surface area contributed by atoms with Gasteiger partial charge < -0.3 is 10.6 Å². The third kappa shape index (κ3) is 4.86. The van der Waals surface area contributed by atoms with E-state index in [9.17, 15) is 4.79 Å². The Bertz CT molecular complexity index is 618. The molecule has 3 nitrogen and oxygen atoms in total. The summed E-state index contributed by atoms with van der Waals surface area (Å²) in [6.07, 6.45) is 0.446. The van der Waals surface area contributed by atoms with Gasteiger partial charge in [0.2, 0.25) is 5.91 Å². The highest BCUT2D eigenvalue weighted by Gasteiger charge is 2.06. The van der Waals surface area contributed by atoms with Gasteiger partial charge >= 0.3 is 0 Å². The smallest absolute Gasteiger partial charge is 0.225 e. The number of carbonyl (C=O) groups is 1. The number of benzene rings is 2. The van der Waals surface area contributed by atoms with Crippen LogP contribution in [0, 0.1) is 13.8 Å². The number of hydrogen-bond acceptors (Lipinski definition) is 2. The zero-order valence-electron chi connectivity index (χ0n) is 12.9. The molecule has 1 amide bonds. The summed E-state index contributed by atoms with van der Waals surface area (Å²) >= 11 is 5.84. The third-order valence-corrected chi connectivity index (χ3v) is 3.77. The number of hydrogen-bond donors (Lipinski definition) is 2. The van der Waals surface area contributed by atoms with Crippen LogP contribution in [0.4, 0.5) is 5.69 Å². The monoisotopic (exact) mass is 316 g/mol. The molecule has 0 aliphatic carbocycles. The summed E-state index contributed by atoms with van der Waals surface area (Å²) in [5.41, 5.74) is 4.25. The number of halogens is 1. The Morgan fingerprint density at radius 1 is 1.05 bits per heavy atom. The Balaban J connectivity index is 1.75. The molecule has 0 aromatic heterocycles. The molecular formula is C18H21ClN2O. The first-order chi connectivity index (χ1) is 10.6. The second-order valence-corrected chi connectivity index (χ2v) is 5.80. The molecule has 0 aliphatic rings. The van der Waals surface area contributed by atoms with Crippen LogP contribution in [0.3, 0.4) is 0 Å². The number of aryl methyl sites for hydroxylation is 2. The highest BCUT2D eigenvalue weighted by atomic mass is 35.5. The molecule has 0 spiro atoms. The zero-order chi connectivity index (χ0) is 15.9. The van der Waals surface area contributed by atoms with E-state index in [4.69, 9.17) is 11.6 Å². The molecule has 0 atom stereocenters. The molecule has 0 fully saturated rings. The van der Waals surface area contributed by atoms with Crippen molar-refractivity contribution in [1.82, 2.24) is 5.32 Å². The molecule has 2 aromatic carbocycles. The van der Waals surface area contributed by atoms with Gasteiger partial charge in [0.05, 0.1) is 0 Å². The normalized spacial score (nSPS) is 10.5. The average Bonchev–Trinajstić information content (AvgIpc) is 2.49. The van der Waals surface area contributed by atoms with E-state index >= 15 is 0 Å². The van der Waals surface area contributed by atoms with Gasteiger partial charge in [-0.2, -0.15) is 0 Å². The summed E-state index contributed by atoms with van der Waals surface area (Å²) in [5, 5.41) is 6.98. The molecule has 2 N–H and O–H groups in total. The standard InChI is InChI=1S/C18H21ClN2O/c1-13-4-3-5-14(2)18(13)21-17(22)10-11-20-12-15-6-8-16(19)9-7-15/h3-9,20H,10-12H2,1-2H3,(H,21,22). The third-order valence-electron chi connectivity index (χ3n) is 3.52. The van der Waals surface area contributed by atoms with Crippen molar-refractivity contribution in [2.24, 2.45) is 0 Å². The second kappa shape index (κ2) is 7.97. The van der Waals surface area contributed by atoms with Crippen molar-refractivity contribution in [3.05, 3.63) is 64.2 Å². The van der Waals surface area contributed by atoms with Crippen LogP contribution in [0.2, 0.25) is 5.02 Å². The average molecular weight is 317 g/mol. The van der Waals surface area contributed by atoms with Gasteiger partial charge in [0.1, 0.15) is 0 Å². The lowest BCUT2D eigenvalue weighted by Crippen LogP contribution is -2.22. The largest absolute Gasteiger partial charge is 0.326 e. The first-order valence-corrected chi connectivity index (χ1v) is 7.75. The number of amides is 1. The summed E-state index contributed by atoms with van der Waals surface area (Å²) in [5.74, 6) is 0.0287. The van der Waals surface area contributed by atoms with Gasteiger partial charge in [-0.1, -0.05) is 41.9 Å². The molecular weight excluding hydrogens is 296 g/mol. The van der Waals surface area contributed by atoms with Crippen molar-refractivity contribution >= 4 is 23.2 Å². The summed E-state index contributed by atoms with van der Waals surface area (Å²) in [6, 6.07) is 13.7. The quantitative estimate of drug-likeness (QED) is 0.789. The minimum Gasteiger partial charge on any atom is -0.326 e. The molecule has 0 saturated heterocycles. The fraction of sp³-hybridized carbons (Fsp3) is 0.278. The lowest BCUT2D eigenvalue weighted by molar-refractivity contribution is -0.116. The summed E-state index contributed by atoms with van der Waals surface area (Å²) in [6.45, 7) is 5.37. The molecule has 2 rings (SSSR count). The molecule has 2 aromatic rings. The van der Waals surface area contributed by atoms with E-state index in [1.165, 1.54) is 0 Å². The molecule has 4 heteroatoms. The molecule has 0 bridgehead atoms. The van der Waals surface area contributed by atoms with Gasteiger partial charge in [-0.3, -0.25) is 4.79 Å². The lowest BCUT2D eigenvalue weighted by atomic mass is 10.1. The van der Waals surface area contributed by atoms with E-state index in [1.807, 2.05) is 56.3 Å². The molecule has 0 unspecified atom stereocenters. The maximum atomic E-state index is 12.0. The van der Waals surface area contributed by atoms with Gasteiger partial charge in [0, 0.05) is 30.2 Å². The van der Waals surface area contributed by atoms with Crippen molar-refractivity contribution in [3.63, 3.8) is 0 Å². The fourth-order valence-corrected chi connectivity index (χ4v) is 2.38. The molecule has 0 aliphatic heterocycles. The van der Waals surface area contributed by atoms with Crippen LogP contribution >= 0.6 is 11.6 Å². The highest BCUT2D eigenvalue weighted by molar-refractivity contribution is 6.30. The summed E-state index contributed by atoms with van der Waals surface area (Å²) in [4.78, 5) is 12.0. The first kappa shape index (κ1) is 16.5. The van der Waals surface area contributed by atoms with Crippen molar-refractivity contribution in [3.8, 4) is 0 Å². The van der Waals surface area contributed by atoms with Crippen molar-refractivity contribution in [2.75, 3.05) is 11.9 Å². The molecule has 116 valence electrons. The molecule has 22 heavy (non-hydrogen) atoms. The Kier molecular flexibility index (Phi) is 5.99. The van der Waals surface area contributed by atoms with E-state index in [-0.39, 0.29) is 5.91 Å². The van der Waals surface area contributed by atoms with Gasteiger partial charge in [0.25, 0.3) is 0 Å². The highest BCUT2D eigenvalue weighted by Crippen LogP contribution is 2.19. The maximum Gasteiger partial charge on any atom is 0.225 e. The fourth-order valence-electron chi connectivity index (χ4n) is 2.25. The van der Waals surface area contributed by atoms with Gasteiger partial charge in [-0.15, -0.1) is 0 Å². The summed E-state index contributed by atoms with van der Waals surface area (Å²) < 4.78 is 0.